The molecule has 0 radical (unpaired) electrons. The lowest BCUT2D eigenvalue weighted by Gasteiger charge is -2.40. The van der Waals surface area contributed by atoms with E-state index in [4.69, 9.17) is 0 Å². The van der Waals surface area contributed by atoms with Crippen LogP contribution in [0, 0.1) is 5.82 Å². The van der Waals surface area contributed by atoms with Gasteiger partial charge in [0.2, 0.25) is 5.91 Å². The molecule has 0 aromatic heterocycles. The van der Waals surface area contributed by atoms with Crippen molar-refractivity contribution in [2.75, 3.05) is 26.7 Å². The molecule has 2 aromatic carbocycles. The van der Waals surface area contributed by atoms with E-state index >= 15 is 0 Å². The summed E-state index contributed by atoms with van der Waals surface area (Å²) in [6.45, 7) is 2.25. The van der Waals surface area contributed by atoms with Crippen molar-refractivity contribution in [1.82, 2.24) is 9.80 Å². The molecule has 5 heteroatoms. The van der Waals surface area contributed by atoms with Gasteiger partial charge in [0.15, 0.2) is 5.78 Å². The Kier molecular flexibility index (Phi) is 5.78. The average molecular weight is 354 g/mol. The third-order valence-electron chi connectivity index (χ3n) is 4.82. The lowest BCUT2D eigenvalue weighted by atomic mass is 10.0. The van der Waals surface area contributed by atoms with Crippen molar-refractivity contribution < 1.29 is 14.0 Å². The number of nitrogens with zero attached hydrogens (tertiary/aromatic N) is 2. The minimum atomic E-state index is -0.374. The topological polar surface area (TPSA) is 40.6 Å². The predicted molar refractivity (Wildman–Crippen MR) is 98.4 cm³/mol. The second-order valence-corrected chi connectivity index (χ2v) is 6.71. The van der Waals surface area contributed by atoms with E-state index in [2.05, 4.69) is 11.9 Å². The van der Waals surface area contributed by atoms with Gasteiger partial charge in [0.25, 0.3) is 0 Å². The first-order chi connectivity index (χ1) is 12.5. The Hall–Kier alpha value is -2.53. The van der Waals surface area contributed by atoms with Crippen molar-refractivity contribution in [2.24, 2.45) is 0 Å². The number of ketones is 1. The summed E-state index contributed by atoms with van der Waals surface area (Å²) in [6, 6.07) is 15.4. The molecule has 1 heterocycles. The van der Waals surface area contributed by atoms with E-state index in [1.54, 1.807) is 0 Å². The third kappa shape index (κ3) is 4.35. The SMILES string of the molecule is CN1CCN(C(=O)CCC(=O)c2ccc(F)cc2)[C@H](c2ccccc2)C1. The van der Waals surface area contributed by atoms with E-state index in [-0.39, 0.29) is 36.4 Å². The molecular formula is C21H23FN2O2. The van der Waals surface area contributed by atoms with Crippen molar-refractivity contribution in [3.8, 4) is 0 Å². The van der Waals surface area contributed by atoms with E-state index in [0.717, 1.165) is 18.7 Å². The molecule has 0 unspecified atom stereocenters. The molecule has 1 amide bonds. The van der Waals surface area contributed by atoms with Crippen molar-refractivity contribution >= 4 is 11.7 Å². The van der Waals surface area contributed by atoms with E-state index < -0.39 is 0 Å². The van der Waals surface area contributed by atoms with Gasteiger partial charge in [0.05, 0.1) is 6.04 Å². The smallest absolute Gasteiger partial charge is 0.223 e. The largest absolute Gasteiger partial charge is 0.333 e. The first-order valence-electron chi connectivity index (χ1n) is 8.86. The van der Waals surface area contributed by atoms with Crippen molar-refractivity contribution in [2.45, 2.75) is 18.9 Å². The van der Waals surface area contributed by atoms with Crippen molar-refractivity contribution in [1.29, 1.82) is 0 Å². The van der Waals surface area contributed by atoms with Gasteiger partial charge in [0.1, 0.15) is 5.82 Å². The number of amides is 1. The zero-order chi connectivity index (χ0) is 18.5. The van der Waals surface area contributed by atoms with Crippen LogP contribution in [-0.2, 0) is 4.79 Å². The van der Waals surface area contributed by atoms with Crippen LogP contribution in [0.4, 0.5) is 4.39 Å². The third-order valence-corrected chi connectivity index (χ3v) is 4.82. The van der Waals surface area contributed by atoms with Crippen LogP contribution in [0.5, 0.6) is 0 Å². The Morgan fingerprint density at radius 2 is 1.69 bits per heavy atom. The quantitative estimate of drug-likeness (QED) is 0.774. The fourth-order valence-electron chi connectivity index (χ4n) is 3.32. The van der Waals surface area contributed by atoms with Gasteiger partial charge < -0.3 is 9.80 Å². The minimum absolute atomic E-state index is 0.00312. The summed E-state index contributed by atoms with van der Waals surface area (Å²) in [5.41, 5.74) is 1.55. The summed E-state index contributed by atoms with van der Waals surface area (Å²) in [7, 11) is 2.05. The number of halogens is 1. The number of benzene rings is 2. The maximum Gasteiger partial charge on any atom is 0.223 e. The molecule has 0 saturated carbocycles. The zero-order valence-electron chi connectivity index (χ0n) is 14.9. The van der Waals surface area contributed by atoms with Crippen molar-refractivity contribution in [3.05, 3.63) is 71.5 Å². The highest BCUT2D eigenvalue weighted by Crippen LogP contribution is 2.26. The van der Waals surface area contributed by atoms with Gasteiger partial charge in [-0.3, -0.25) is 9.59 Å². The van der Waals surface area contributed by atoms with Gasteiger partial charge in [0, 0.05) is 38.0 Å². The Bertz CT molecular complexity index is 761. The molecule has 1 fully saturated rings. The molecule has 1 aliphatic heterocycles. The first-order valence-corrected chi connectivity index (χ1v) is 8.86. The lowest BCUT2D eigenvalue weighted by molar-refractivity contribution is -0.136. The second kappa shape index (κ2) is 8.23. The number of carbonyl (C=O) groups is 2. The molecular weight excluding hydrogens is 331 g/mol. The van der Waals surface area contributed by atoms with Gasteiger partial charge in [-0.05, 0) is 36.9 Å². The summed E-state index contributed by atoms with van der Waals surface area (Å²) >= 11 is 0. The van der Waals surface area contributed by atoms with E-state index in [1.807, 2.05) is 35.2 Å². The Morgan fingerprint density at radius 1 is 1.00 bits per heavy atom. The molecule has 1 aliphatic rings. The predicted octanol–water partition coefficient (Wildman–Crippen LogP) is 3.30. The first kappa shape index (κ1) is 18.3. The molecule has 0 aliphatic carbocycles. The van der Waals surface area contributed by atoms with Gasteiger partial charge in [-0.2, -0.15) is 0 Å². The highest BCUT2D eigenvalue weighted by atomic mass is 19.1. The summed E-state index contributed by atoms with van der Waals surface area (Å²) in [5, 5.41) is 0. The molecule has 0 bridgehead atoms. The molecule has 0 N–H and O–H groups in total. The van der Waals surface area contributed by atoms with E-state index in [9.17, 15) is 14.0 Å². The van der Waals surface area contributed by atoms with Gasteiger partial charge in [-0.15, -0.1) is 0 Å². The Balaban J connectivity index is 1.65. The molecule has 0 spiro atoms. The zero-order valence-corrected chi connectivity index (χ0v) is 14.9. The van der Waals surface area contributed by atoms with Crippen LogP contribution >= 0.6 is 0 Å². The summed E-state index contributed by atoms with van der Waals surface area (Å²) < 4.78 is 13.0. The molecule has 3 rings (SSSR count). The number of piperazine rings is 1. The minimum Gasteiger partial charge on any atom is -0.333 e. The van der Waals surface area contributed by atoms with Gasteiger partial charge in [-0.25, -0.2) is 4.39 Å². The fraction of sp³-hybridized carbons (Fsp3) is 0.333. The summed E-state index contributed by atoms with van der Waals surface area (Å²) in [6.07, 6.45) is 0.307. The maximum absolute atomic E-state index is 13.0. The molecule has 136 valence electrons. The average Bonchev–Trinajstić information content (AvgIpc) is 2.67. The molecule has 1 atom stereocenters. The molecule has 2 aromatic rings. The number of carbonyl (C=O) groups excluding carboxylic acids is 2. The Morgan fingerprint density at radius 3 is 2.38 bits per heavy atom. The van der Waals surface area contributed by atoms with Crippen LogP contribution in [0.15, 0.2) is 54.6 Å². The van der Waals surface area contributed by atoms with E-state index in [0.29, 0.717) is 12.1 Å². The highest BCUT2D eigenvalue weighted by molar-refractivity contribution is 5.97. The summed E-state index contributed by atoms with van der Waals surface area (Å²) in [5.74, 6) is -0.521. The molecule has 1 saturated heterocycles. The summed E-state index contributed by atoms with van der Waals surface area (Å²) in [4.78, 5) is 29.1. The normalized spacial score (nSPS) is 17.9. The Labute approximate surface area is 153 Å². The van der Waals surface area contributed by atoms with Crippen LogP contribution in [-0.4, -0.2) is 48.2 Å². The lowest BCUT2D eigenvalue weighted by Crippen LogP contribution is -2.49. The maximum atomic E-state index is 13.0. The van der Waals surface area contributed by atoms with Gasteiger partial charge in [-0.1, -0.05) is 30.3 Å². The number of rotatable bonds is 5. The number of likely N-dealkylation sites (N-methyl/N-ethyl adjacent to an activating group) is 1. The number of hydrogen-bond acceptors (Lipinski definition) is 3. The van der Waals surface area contributed by atoms with E-state index in [1.165, 1.54) is 24.3 Å². The van der Waals surface area contributed by atoms with Crippen LogP contribution < -0.4 is 0 Å². The van der Waals surface area contributed by atoms with Crippen LogP contribution in [0.2, 0.25) is 0 Å². The second-order valence-electron chi connectivity index (χ2n) is 6.71. The number of Topliss-reactive ketones (excluding diaryl/α,β-unsaturated/α-hetero) is 1. The highest BCUT2D eigenvalue weighted by Gasteiger charge is 2.30. The molecule has 4 nitrogen and oxygen atoms in total. The monoisotopic (exact) mass is 354 g/mol. The van der Waals surface area contributed by atoms with Crippen LogP contribution in [0.25, 0.3) is 0 Å². The fourth-order valence-corrected chi connectivity index (χ4v) is 3.32. The van der Waals surface area contributed by atoms with Gasteiger partial charge >= 0.3 is 0 Å². The van der Waals surface area contributed by atoms with Crippen LogP contribution in [0.1, 0.15) is 34.8 Å². The molecule has 26 heavy (non-hydrogen) atoms. The standard InChI is InChI=1S/C21H23FN2O2/c1-23-13-14-24(19(15-23)16-5-3-2-4-6-16)21(26)12-11-20(25)17-7-9-18(22)10-8-17/h2-10,19H,11-15H2,1H3/t19-/m0/s1. The van der Waals surface area contributed by atoms with Crippen LogP contribution in [0.3, 0.4) is 0 Å². The van der Waals surface area contributed by atoms with Crippen molar-refractivity contribution in [3.63, 3.8) is 0 Å². The number of hydrogen-bond donors (Lipinski definition) is 0.